The van der Waals surface area contributed by atoms with Crippen LogP contribution in [0.3, 0.4) is 0 Å². The van der Waals surface area contributed by atoms with Crippen molar-refractivity contribution in [2.45, 2.75) is 52.1 Å². The first-order valence-corrected chi connectivity index (χ1v) is 12.2. The van der Waals surface area contributed by atoms with E-state index in [1.165, 1.54) is 27.7 Å². The Kier molecular flexibility index (Phi) is 6.48. The third kappa shape index (κ3) is 4.53. The quantitative estimate of drug-likeness (QED) is 0.158. The molecule has 0 radical (unpaired) electrons. The van der Waals surface area contributed by atoms with E-state index in [2.05, 4.69) is 6.07 Å². The van der Waals surface area contributed by atoms with Gasteiger partial charge in [-0.2, -0.15) is 0 Å². The Morgan fingerprint density at radius 2 is 1.05 bits per heavy atom. The van der Waals surface area contributed by atoms with Crippen LogP contribution in [0.5, 0.6) is 0 Å². The van der Waals surface area contributed by atoms with E-state index in [1.54, 1.807) is 6.07 Å². The van der Waals surface area contributed by atoms with Crippen LogP contribution in [0.1, 0.15) is 51.0 Å². The van der Waals surface area contributed by atoms with E-state index in [0.717, 1.165) is 32.3 Å². The van der Waals surface area contributed by atoms with E-state index in [-0.39, 0.29) is 0 Å². The molecule has 0 heterocycles. The van der Waals surface area contributed by atoms with Gasteiger partial charge in [0.15, 0.2) is 24.4 Å². The predicted molar refractivity (Wildman–Crippen MR) is 139 cm³/mol. The summed E-state index contributed by atoms with van der Waals surface area (Å²) >= 11 is 0. The van der Waals surface area contributed by atoms with E-state index in [9.17, 15) is 19.2 Å². The SMILES string of the molecule is CC(=O)O[C@H]1[C@H](OC(C)=O)[C@@H](OC(C)=O)c2ccc3cc4ccc5ccccc5c4cc3c2[C@H]1OC(C)=O. The lowest BCUT2D eigenvalue weighted by atomic mass is 9.79. The second-order valence-corrected chi connectivity index (χ2v) is 9.36. The normalized spacial score (nSPS) is 20.5. The van der Waals surface area contributed by atoms with E-state index in [1.807, 2.05) is 48.5 Å². The average Bonchev–Trinajstić information content (AvgIpc) is 2.85. The molecule has 0 spiro atoms. The molecule has 1 aliphatic carbocycles. The highest BCUT2D eigenvalue weighted by molar-refractivity contribution is 6.12. The lowest BCUT2D eigenvalue weighted by Crippen LogP contribution is -2.48. The summed E-state index contributed by atoms with van der Waals surface area (Å²) in [6.07, 6.45) is -4.73. The van der Waals surface area contributed by atoms with Crippen LogP contribution in [-0.2, 0) is 38.1 Å². The number of rotatable bonds is 4. The molecular formula is C30H26O8. The maximum atomic E-state index is 12.3. The molecule has 0 aromatic heterocycles. The number of carbonyl (C=O) groups excluding carboxylic acids is 4. The molecule has 4 aromatic rings. The van der Waals surface area contributed by atoms with E-state index >= 15 is 0 Å². The molecular weight excluding hydrogens is 488 g/mol. The minimum atomic E-state index is -1.26. The summed E-state index contributed by atoms with van der Waals surface area (Å²) in [5, 5.41) is 5.66. The van der Waals surface area contributed by atoms with Gasteiger partial charge < -0.3 is 18.9 Å². The molecule has 8 heteroatoms. The smallest absolute Gasteiger partial charge is 0.303 e. The van der Waals surface area contributed by atoms with Crippen molar-refractivity contribution < 1.29 is 38.1 Å². The lowest BCUT2D eigenvalue weighted by Gasteiger charge is -2.41. The van der Waals surface area contributed by atoms with Crippen molar-refractivity contribution in [3.63, 3.8) is 0 Å². The minimum Gasteiger partial charge on any atom is -0.454 e. The van der Waals surface area contributed by atoms with Crippen molar-refractivity contribution in [2.24, 2.45) is 0 Å². The van der Waals surface area contributed by atoms with E-state index in [0.29, 0.717) is 11.1 Å². The second kappa shape index (κ2) is 9.78. The van der Waals surface area contributed by atoms with E-state index in [4.69, 9.17) is 18.9 Å². The number of hydrogen-bond acceptors (Lipinski definition) is 8. The van der Waals surface area contributed by atoms with Gasteiger partial charge in [0, 0.05) is 38.8 Å². The van der Waals surface area contributed by atoms with E-state index < -0.39 is 48.3 Å². The molecule has 0 N–H and O–H groups in total. The largest absolute Gasteiger partial charge is 0.454 e. The Bertz CT molecular complexity index is 1620. The molecule has 0 saturated carbocycles. The Balaban J connectivity index is 1.86. The second-order valence-electron chi connectivity index (χ2n) is 9.36. The van der Waals surface area contributed by atoms with Crippen LogP contribution in [0.25, 0.3) is 32.3 Å². The molecule has 8 nitrogen and oxygen atoms in total. The highest BCUT2D eigenvalue weighted by Crippen LogP contribution is 2.47. The van der Waals surface area contributed by atoms with Gasteiger partial charge in [-0.15, -0.1) is 0 Å². The standard InChI is InChI=1S/C30H26O8/c1-15(31)35-27-23-12-11-21-13-20-10-9-19-7-5-6-8-22(19)24(20)14-25(21)26(23)28(36-16(2)32)30(38-18(4)34)29(27)37-17(3)33/h5-14,27-30H,1-4H3/t27-,28+,29+,30+/m0/s1. The predicted octanol–water partition coefficient (Wildman–Crippen LogP) is 5.23. The molecule has 0 fully saturated rings. The van der Waals surface area contributed by atoms with Crippen molar-refractivity contribution in [3.8, 4) is 0 Å². The zero-order chi connectivity index (χ0) is 27.1. The molecule has 4 atom stereocenters. The van der Waals surface area contributed by atoms with Crippen LogP contribution in [0.15, 0.2) is 60.7 Å². The third-order valence-electron chi connectivity index (χ3n) is 6.66. The summed E-state index contributed by atoms with van der Waals surface area (Å²) in [7, 11) is 0. The van der Waals surface area contributed by atoms with Crippen molar-refractivity contribution in [3.05, 3.63) is 71.8 Å². The molecule has 1 aliphatic rings. The van der Waals surface area contributed by atoms with Gasteiger partial charge in [0.2, 0.25) is 0 Å². The molecule has 4 aromatic carbocycles. The summed E-state index contributed by atoms with van der Waals surface area (Å²) in [6.45, 7) is 4.89. The summed E-state index contributed by atoms with van der Waals surface area (Å²) < 4.78 is 22.6. The van der Waals surface area contributed by atoms with Crippen molar-refractivity contribution in [1.82, 2.24) is 0 Å². The lowest BCUT2D eigenvalue weighted by molar-refractivity contribution is -0.204. The Hall–Kier alpha value is -4.46. The van der Waals surface area contributed by atoms with Gasteiger partial charge in [-0.1, -0.05) is 48.5 Å². The first-order valence-electron chi connectivity index (χ1n) is 12.2. The summed E-state index contributed by atoms with van der Waals surface area (Å²) in [4.78, 5) is 48.8. The number of esters is 4. The third-order valence-corrected chi connectivity index (χ3v) is 6.66. The average molecular weight is 515 g/mol. The fourth-order valence-corrected chi connectivity index (χ4v) is 5.37. The number of fused-ring (bicyclic) bond motifs is 6. The molecule has 0 saturated heterocycles. The van der Waals surface area contributed by atoms with Gasteiger partial charge in [0.1, 0.15) is 0 Å². The number of benzene rings is 4. The maximum Gasteiger partial charge on any atom is 0.303 e. The Morgan fingerprint density at radius 1 is 0.526 bits per heavy atom. The summed E-state index contributed by atoms with van der Waals surface area (Å²) in [5.41, 5.74) is 1.02. The van der Waals surface area contributed by atoms with Crippen LogP contribution < -0.4 is 0 Å². The summed E-state index contributed by atoms with van der Waals surface area (Å²) in [6, 6.07) is 19.8. The molecule has 0 amide bonds. The number of ether oxygens (including phenoxy) is 4. The van der Waals surface area contributed by atoms with Crippen LogP contribution >= 0.6 is 0 Å². The molecule has 0 unspecified atom stereocenters. The van der Waals surface area contributed by atoms with Gasteiger partial charge in [0.05, 0.1) is 0 Å². The fourth-order valence-electron chi connectivity index (χ4n) is 5.37. The van der Waals surface area contributed by atoms with Crippen LogP contribution in [-0.4, -0.2) is 36.1 Å². The van der Waals surface area contributed by atoms with Crippen molar-refractivity contribution in [2.75, 3.05) is 0 Å². The van der Waals surface area contributed by atoms with Crippen molar-refractivity contribution >= 4 is 56.2 Å². The van der Waals surface area contributed by atoms with Gasteiger partial charge in [-0.25, -0.2) is 0 Å². The first kappa shape index (κ1) is 25.2. The van der Waals surface area contributed by atoms with Crippen molar-refractivity contribution in [1.29, 1.82) is 0 Å². The van der Waals surface area contributed by atoms with Gasteiger partial charge in [-0.3, -0.25) is 19.2 Å². The zero-order valence-corrected chi connectivity index (χ0v) is 21.3. The number of carbonyl (C=O) groups is 4. The Morgan fingerprint density at radius 3 is 1.71 bits per heavy atom. The summed E-state index contributed by atoms with van der Waals surface area (Å²) in [5.74, 6) is -2.58. The molecule has 0 bridgehead atoms. The fraction of sp³-hybridized carbons (Fsp3) is 0.267. The molecule has 5 rings (SSSR count). The Labute approximate surface area is 218 Å². The van der Waals surface area contributed by atoms with Gasteiger partial charge >= 0.3 is 23.9 Å². The van der Waals surface area contributed by atoms with Crippen LogP contribution in [0, 0.1) is 0 Å². The topological polar surface area (TPSA) is 105 Å². The molecule has 194 valence electrons. The maximum absolute atomic E-state index is 12.3. The number of hydrogen-bond donors (Lipinski definition) is 0. The highest BCUT2D eigenvalue weighted by atomic mass is 16.6. The molecule has 38 heavy (non-hydrogen) atoms. The van der Waals surface area contributed by atoms with Crippen LogP contribution in [0.4, 0.5) is 0 Å². The first-order chi connectivity index (χ1) is 18.1. The minimum absolute atomic E-state index is 0.494. The molecule has 0 aliphatic heterocycles. The van der Waals surface area contributed by atoms with Gasteiger partial charge in [-0.05, 0) is 44.5 Å². The monoisotopic (exact) mass is 514 g/mol. The van der Waals surface area contributed by atoms with Crippen LogP contribution in [0.2, 0.25) is 0 Å². The zero-order valence-electron chi connectivity index (χ0n) is 21.3. The highest BCUT2D eigenvalue weighted by Gasteiger charge is 2.51. The van der Waals surface area contributed by atoms with Gasteiger partial charge in [0.25, 0.3) is 0 Å².